The minimum Gasteiger partial charge on any atom is -0.492 e. The maximum Gasteiger partial charge on any atom is 0.471 e. The largest absolute Gasteiger partial charge is 0.492 e. The Morgan fingerprint density at radius 1 is 1.16 bits per heavy atom. The second-order valence-electron chi connectivity index (χ2n) is 9.06. The van der Waals surface area contributed by atoms with Crippen molar-refractivity contribution < 1.29 is 37.3 Å². The van der Waals surface area contributed by atoms with Gasteiger partial charge in [-0.25, -0.2) is 4.79 Å². The summed E-state index contributed by atoms with van der Waals surface area (Å²) in [6, 6.07) is 1.80. The number of rotatable bonds is 7. The number of carbonyl (C=O) groups excluding carboxylic acids is 1. The van der Waals surface area contributed by atoms with Gasteiger partial charge in [-0.05, 0) is 44.5 Å². The number of carboxylic acid groups (broad SMARTS) is 1. The summed E-state index contributed by atoms with van der Waals surface area (Å²) in [4.78, 5) is 27.2. The van der Waals surface area contributed by atoms with E-state index in [0.29, 0.717) is 11.4 Å². The van der Waals surface area contributed by atoms with Crippen molar-refractivity contribution in [3.05, 3.63) is 23.3 Å². The van der Waals surface area contributed by atoms with Crippen molar-refractivity contribution in [1.82, 2.24) is 4.90 Å². The number of ether oxygens (including phenoxy) is 2. The summed E-state index contributed by atoms with van der Waals surface area (Å²) in [5.74, 6) is -3.26. The highest BCUT2D eigenvalue weighted by Gasteiger charge is 2.48. The average Bonchev–Trinajstić information content (AvgIpc) is 2.67. The second kappa shape index (κ2) is 10.1. The van der Waals surface area contributed by atoms with Gasteiger partial charge in [-0.3, -0.25) is 4.79 Å². The van der Waals surface area contributed by atoms with Crippen LogP contribution >= 0.6 is 0 Å². The standard InChI is InChI=1S/C22H31F3N2O5/c1-21(2,3)17-16(32-13-10-26(4)5)7-6-15(19(28)29)18(17)27(20(30)22(23,24)25)14-8-11-31-12-9-14/h6-7,14H,8-13H2,1-5H3,(H,28,29). The Morgan fingerprint density at radius 3 is 2.22 bits per heavy atom. The monoisotopic (exact) mass is 460 g/mol. The summed E-state index contributed by atoms with van der Waals surface area (Å²) < 4.78 is 52.2. The zero-order chi connectivity index (χ0) is 24.3. The number of amides is 1. The summed E-state index contributed by atoms with van der Waals surface area (Å²) >= 11 is 0. The molecule has 10 heteroatoms. The van der Waals surface area contributed by atoms with Crippen LogP contribution in [0.5, 0.6) is 5.75 Å². The predicted molar refractivity (Wildman–Crippen MR) is 114 cm³/mol. The van der Waals surface area contributed by atoms with Crippen molar-refractivity contribution in [2.45, 2.75) is 51.2 Å². The van der Waals surface area contributed by atoms with Gasteiger partial charge in [0.25, 0.3) is 0 Å². The third-order valence-corrected chi connectivity index (χ3v) is 5.17. The Labute approximate surface area is 186 Å². The fraction of sp³-hybridized carbons (Fsp3) is 0.636. The molecule has 0 aromatic heterocycles. The number of anilines is 1. The van der Waals surface area contributed by atoms with Gasteiger partial charge in [-0.2, -0.15) is 13.2 Å². The molecule has 1 N–H and O–H groups in total. The molecule has 0 aliphatic carbocycles. The molecule has 0 atom stereocenters. The molecule has 0 saturated carbocycles. The smallest absolute Gasteiger partial charge is 0.471 e. The molecule has 2 rings (SSSR count). The first-order valence-electron chi connectivity index (χ1n) is 10.4. The van der Waals surface area contributed by atoms with Crippen molar-refractivity contribution in [3.8, 4) is 5.75 Å². The minimum atomic E-state index is -5.18. The Bertz CT molecular complexity index is 828. The molecule has 7 nitrogen and oxygen atoms in total. The Balaban J connectivity index is 2.78. The van der Waals surface area contributed by atoms with Crippen LogP contribution in [0.15, 0.2) is 12.1 Å². The summed E-state index contributed by atoms with van der Waals surface area (Å²) in [6.07, 6.45) is -4.85. The van der Waals surface area contributed by atoms with Gasteiger partial charge >= 0.3 is 18.1 Å². The quantitative estimate of drug-likeness (QED) is 0.669. The van der Waals surface area contributed by atoms with Crippen molar-refractivity contribution in [3.63, 3.8) is 0 Å². The predicted octanol–water partition coefficient (Wildman–Crippen LogP) is 3.70. The van der Waals surface area contributed by atoms with Crippen molar-refractivity contribution in [2.24, 2.45) is 0 Å². The Hall–Kier alpha value is -2.33. The number of aromatic carboxylic acids is 1. The molecular weight excluding hydrogens is 429 g/mol. The van der Waals surface area contributed by atoms with Crippen LogP contribution in [0.1, 0.15) is 49.5 Å². The third kappa shape index (κ3) is 6.13. The van der Waals surface area contributed by atoms with Gasteiger partial charge in [0.2, 0.25) is 0 Å². The maximum absolute atomic E-state index is 13.7. The lowest BCUT2D eigenvalue weighted by atomic mass is 9.82. The molecule has 180 valence electrons. The van der Waals surface area contributed by atoms with Crippen molar-refractivity contribution >= 4 is 17.6 Å². The fourth-order valence-electron chi connectivity index (χ4n) is 3.71. The van der Waals surface area contributed by atoms with Crippen LogP contribution in [0.4, 0.5) is 18.9 Å². The van der Waals surface area contributed by atoms with Crippen LogP contribution in [0, 0.1) is 0 Å². The van der Waals surface area contributed by atoms with Gasteiger partial charge in [0.05, 0.1) is 11.3 Å². The van der Waals surface area contributed by atoms with Crippen LogP contribution in [0.25, 0.3) is 0 Å². The maximum atomic E-state index is 13.7. The number of hydrogen-bond donors (Lipinski definition) is 1. The normalized spacial score (nSPS) is 15.7. The van der Waals surface area contributed by atoms with Crippen LogP contribution in [-0.4, -0.2) is 74.6 Å². The fourth-order valence-corrected chi connectivity index (χ4v) is 3.71. The third-order valence-electron chi connectivity index (χ3n) is 5.17. The van der Waals surface area contributed by atoms with Gasteiger partial charge in [0.15, 0.2) is 0 Å². The van der Waals surface area contributed by atoms with E-state index in [1.807, 2.05) is 19.0 Å². The number of alkyl halides is 3. The van der Waals surface area contributed by atoms with E-state index >= 15 is 0 Å². The van der Waals surface area contributed by atoms with Crippen LogP contribution in [-0.2, 0) is 14.9 Å². The molecule has 1 amide bonds. The van der Waals surface area contributed by atoms with Crippen LogP contribution < -0.4 is 9.64 Å². The highest BCUT2D eigenvalue weighted by atomic mass is 19.4. The Morgan fingerprint density at radius 2 is 1.75 bits per heavy atom. The van der Waals surface area contributed by atoms with E-state index in [0.717, 1.165) is 0 Å². The zero-order valence-electron chi connectivity index (χ0n) is 19.1. The first-order valence-corrected chi connectivity index (χ1v) is 10.4. The number of halogens is 3. The lowest BCUT2D eigenvalue weighted by molar-refractivity contribution is -0.171. The number of nitrogens with zero attached hydrogens (tertiary/aromatic N) is 2. The number of carboxylic acids is 1. The first-order chi connectivity index (χ1) is 14.7. The second-order valence-corrected chi connectivity index (χ2v) is 9.06. The molecule has 1 fully saturated rings. The SMILES string of the molecule is CN(C)CCOc1ccc(C(=O)O)c(N(C(=O)C(F)(F)F)C2CCOCC2)c1C(C)(C)C. The lowest BCUT2D eigenvalue weighted by Crippen LogP contribution is -2.50. The topological polar surface area (TPSA) is 79.3 Å². The summed E-state index contributed by atoms with van der Waals surface area (Å²) in [7, 11) is 3.70. The molecule has 1 saturated heterocycles. The number of carbonyl (C=O) groups is 2. The zero-order valence-corrected chi connectivity index (χ0v) is 19.1. The van der Waals surface area contributed by atoms with E-state index in [1.165, 1.54) is 12.1 Å². The Kier molecular flexibility index (Phi) is 8.17. The molecule has 0 bridgehead atoms. The number of benzene rings is 1. The van der Waals surface area contributed by atoms with Gasteiger partial charge in [0.1, 0.15) is 12.4 Å². The molecular formula is C22H31F3N2O5. The van der Waals surface area contributed by atoms with E-state index in [4.69, 9.17) is 9.47 Å². The van der Waals surface area contributed by atoms with E-state index < -0.39 is 29.5 Å². The van der Waals surface area contributed by atoms with E-state index in [-0.39, 0.29) is 55.2 Å². The van der Waals surface area contributed by atoms with Gasteiger partial charge < -0.3 is 24.4 Å². The average molecular weight is 460 g/mol. The summed E-state index contributed by atoms with van der Waals surface area (Å²) in [6.45, 7) is 6.39. The first kappa shape index (κ1) is 25.9. The van der Waals surface area contributed by atoms with Crippen molar-refractivity contribution in [1.29, 1.82) is 0 Å². The number of likely N-dealkylation sites (N-methyl/N-ethyl adjacent to an activating group) is 1. The van der Waals surface area contributed by atoms with E-state index in [1.54, 1.807) is 20.8 Å². The van der Waals surface area contributed by atoms with E-state index in [9.17, 15) is 27.9 Å². The summed E-state index contributed by atoms with van der Waals surface area (Å²) in [5.41, 5.74) is -1.20. The summed E-state index contributed by atoms with van der Waals surface area (Å²) in [5, 5.41) is 9.84. The molecule has 0 spiro atoms. The molecule has 1 aliphatic heterocycles. The molecule has 1 aromatic rings. The highest BCUT2D eigenvalue weighted by Crippen LogP contribution is 2.44. The highest BCUT2D eigenvalue weighted by molar-refractivity contribution is 6.06. The minimum absolute atomic E-state index is 0.163. The molecule has 32 heavy (non-hydrogen) atoms. The van der Waals surface area contributed by atoms with Gasteiger partial charge in [-0.1, -0.05) is 20.8 Å². The van der Waals surface area contributed by atoms with Gasteiger partial charge in [0, 0.05) is 31.4 Å². The molecule has 1 heterocycles. The lowest BCUT2D eigenvalue weighted by Gasteiger charge is -2.39. The van der Waals surface area contributed by atoms with Crippen LogP contribution in [0.2, 0.25) is 0 Å². The molecule has 1 aromatic carbocycles. The molecule has 1 aliphatic rings. The number of hydrogen-bond acceptors (Lipinski definition) is 5. The molecule has 0 unspecified atom stereocenters. The van der Waals surface area contributed by atoms with Crippen molar-refractivity contribution in [2.75, 3.05) is 45.4 Å². The van der Waals surface area contributed by atoms with E-state index in [2.05, 4.69) is 0 Å². The van der Waals surface area contributed by atoms with Crippen LogP contribution in [0.3, 0.4) is 0 Å². The van der Waals surface area contributed by atoms with Gasteiger partial charge in [-0.15, -0.1) is 0 Å². The molecule has 0 radical (unpaired) electrons.